The molecule has 2 aromatic rings. The van der Waals surface area contributed by atoms with Crippen LogP contribution in [0, 0.1) is 11.3 Å². The maximum atomic E-state index is 8.74. The van der Waals surface area contributed by atoms with Crippen LogP contribution in [0.5, 0.6) is 0 Å². The van der Waals surface area contributed by atoms with Crippen molar-refractivity contribution in [2.24, 2.45) is 0 Å². The first-order chi connectivity index (χ1) is 6.42. The van der Waals surface area contributed by atoms with Crippen molar-refractivity contribution in [2.75, 3.05) is 0 Å². The van der Waals surface area contributed by atoms with Crippen LogP contribution in [0.3, 0.4) is 0 Å². The molecule has 0 amide bonds. The van der Waals surface area contributed by atoms with Gasteiger partial charge in [-0.05, 0) is 0 Å². The molecule has 62 valence electrons. The first-order valence-corrected chi connectivity index (χ1v) is 3.90. The Kier molecular flexibility index (Phi) is 1.81. The molecule has 0 aliphatic carbocycles. The molecule has 0 radical (unpaired) electrons. The summed E-state index contributed by atoms with van der Waals surface area (Å²) >= 11 is 0. The lowest BCUT2D eigenvalue weighted by Crippen LogP contribution is -1.80. The summed E-state index contributed by atoms with van der Waals surface area (Å²) in [5.41, 5.74) is 2.20. The molecule has 0 saturated carbocycles. The molecule has 0 spiro atoms. The SMILES string of the molecule is N#Cc1nc[nH]c1-c1ccccc1. The number of nitrogens with zero attached hydrogens (tertiary/aromatic N) is 2. The summed E-state index contributed by atoms with van der Waals surface area (Å²) in [7, 11) is 0. The molecule has 0 fully saturated rings. The smallest absolute Gasteiger partial charge is 0.166 e. The van der Waals surface area contributed by atoms with Crippen LogP contribution >= 0.6 is 0 Å². The number of rotatable bonds is 1. The zero-order valence-electron chi connectivity index (χ0n) is 6.86. The lowest BCUT2D eigenvalue weighted by atomic mass is 10.1. The van der Waals surface area contributed by atoms with Crippen molar-refractivity contribution in [3.63, 3.8) is 0 Å². The van der Waals surface area contributed by atoms with Gasteiger partial charge in [-0.25, -0.2) is 4.98 Å². The van der Waals surface area contributed by atoms with Crippen molar-refractivity contribution in [3.05, 3.63) is 42.4 Å². The summed E-state index contributed by atoms with van der Waals surface area (Å²) in [4.78, 5) is 6.83. The predicted octanol–water partition coefficient (Wildman–Crippen LogP) is 1.95. The Morgan fingerprint density at radius 2 is 2.00 bits per heavy atom. The Labute approximate surface area is 75.7 Å². The highest BCUT2D eigenvalue weighted by atomic mass is 14.9. The van der Waals surface area contributed by atoms with E-state index in [2.05, 4.69) is 9.97 Å². The third-order valence-electron chi connectivity index (χ3n) is 1.81. The van der Waals surface area contributed by atoms with E-state index in [4.69, 9.17) is 5.26 Å². The number of aromatic nitrogens is 2. The predicted molar refractivity (Wildman–Crippen MR) is 48.7 cm³/mol. The van der Waals surface area contributed by atoms with Gasteiger partial charge in [-0.2, -0.15) is 5.26 Å². The number of benzene rings is 1. The lowest BCUT2D eigenvalue weighted by molar-refractivity contribution is 1.29. The number of hydrogen-bond donors (Lipinski definition) is 1. The highest BCUT2D eigenvalue weighted by Gasteiger charge is 2.05. The molecule has 0 saturated heterocycles. The quantitative estimate of drug-likeness (QED) is 0.709. The van der Waals surface area contributed by atoms with Gasteiger partial charge in [0.05, 0.1) is 12.0 Å². The fourth-order valence-electron chi connectivity index (χ4n) is 1.20. The van der Waals surface area contributed by atoms with E-state index in [-0.39, 0.29) is 0 Å². The average Bonchev–Trinajstić information content (AvgIpc) is 2.67. The Morgan fingerprint density at radius 3 is 2.69 bits per heavy atom. The first kappa shape index (κ1) is 7.56. The van der Waals surface area contributed by atoms with E-state index in [1.807, 2.05) is 36.4 Å². The van der Waals surface area contributed by atoms with Crippen molar-refractivity contribution in [1.29, 1.82) is 5.26 Å². The number of hydrogen-bond acceptors (Lipinski definition) is 2. The van der Waals surface area contributed by atoms with Crippen LogP contribution in [-0.2, 0) is 0 Å². The number of nitriles is 1. The zero-order chi connectivity index (χ0) is 9.10. The largest absolute Gasteiger partial charge is 0.343 e. The molecule has 3 nitrogen and oxygen atoms in total. The molecule has 3 heteroatoms. The highest BCUT2D eigenvalue weighted by Crippen LogP contribution is 2.18. The third kappa shape index (κ3) is 1.30. The van der Waals surface area contributed by atoms with Gasteiger partial charge < -0.3 is 4.98 Å². The maximum absolute atomic E-state index is 8.74. The summed E-state index contributed by atoms with van der Waals surface area (Å²) < 4.78 is 0. The van der Waals surface area contributed by atoms with Crippen molar-refractivity contribution >= 4 is 0 Å². The van der Waals surface area contributed by atoms with Gasteiger partial charge in [-0.1, -0.05) is 30.3 Å². The Morgan fingerprint density at radius 1 is 1.23 bits per heavy atom. The second kappa shape index (κ2) is 3.11. The van der Waals surface area contributed by atoms with Crippen molar-refractivity contribution in [3.8, 4) is 17.3 Å². The minimum Gasteiger partial charge on any atom is -0.343 e. The lowest BCUT2D eigenvalue weighted by Gasteiger charge is -1.95. The fourth-order valence-corrected chi connectivity index (χ4v) is 1.20. The second-order valence-electron chi connectivity index (χ2n) is 2.60. The molecule has 0 bridgehead atoms. The van der Waals surface area contributed by atoms with Gasteiger partial charge in [0, 0.05) is 5.56 Å². The molecular weight excluding hydrogens is 162 g/mol. The molecule has 0 atom stereocenters. The summed E-state index contributed by atoms with van der Waals surface area (Å²) in [5, 5.41) is 8.74. The summed E-state index contributed by atoms with van der Waals surface area (Å²) in [6, 6.07) is 11.7. The van der Waals surface area contributed by atoms with Crippen molar-refractivity contribution in [1.82, 2.24) is 9.97 Å². The van der Waals surface area contributed by atoms with Crippen LogP contribution in [0.15, 0.2) is 36.7 Å². The van der Waals surface area contributed by atoms with Crippen LogP contribution in [0.2, 0.25) is 0 Å². The monoisotopic (exact) mass is 169 g/mol. The van der Waals surface area contributed by atoms with Gasteiger partial charge in [0.1, 0.15) is 6.07 Å². The molecule has 1 aromatic heterocycles. The first-order valence-electron chi connectivity index (χ1n) is 3.90. The van der Waals surface area contributed by atoms with Gasteiger partial charge >= 0.3 is 0 Å². The van der Waals surface area contributed by atoms with Crippen LogP contribution in [0.4, 0.5) is 0 Å². The van der Waals surface area contributed by atoms with E-state index < -0.39 is 0 Å². The number of aromatic amines is 1. The molecule has 1 heterocycles. The maximum Gasteiger partial charge on any atom is 0.166 e. The fraction of sp³-hybridized carbons (Fsp3) is 0. The van der Waals surface area contributed by atoms with Crippen molar-refractivity contribution in [2.45, 2.75) is 0 Å². The Balaban J connectivity index is 2.54. The van der Waals surface area contributed by atoms with Gasteiger partial charge in [0.2, 0.25) is 0 Å². The standard InChI is InChI=1S/C10H7N3/c11-6-9-10(13-7-12-9)8-4-2-1-3-5-8/h1-5,7H,(H,12,13). The molecule has 1 N–H and O–H groups in total. The summed E-state index contributed by atoms with van der Waals surface area (Å²) in [6.07, 6.45) is 1.53. The van der Waals surface area contributed by atoms with E-state index in [0.29, 0.717) is 5.69 Å². The normalized spacial score (nSPS) is 9.46. The number of imidazole rings is 1. The van der Waals surface area contributed by atoms with E-state index >= 15 is 0 Å². The molecule has 1 aromatic carbocycles. The molecule has 0 unspecified atom stereocenters. The third-order valence-corrected chi connectivity index (χ3v) is 1.81. The molecule has 0 aliphatic rings. The van der Waals surface area contributed by atoms with Crippen LogP contribution < -0.4 is 0 Å². The molecule has 2 rings (SSSR count). The average molecular weight is 169 g/mol. The zero-order valence-corrected chi connectivity index (χ0v) is 6.86. The highest BCUT2D eigenvalue weighted by molar-refractivity contribution is 5.64. The summed E-state index contributed by atoms with van der Waals surface area (Å²) in [5.74, 6) is 0. The molecule has 13 heavy (non-hydrogen) atoms. The number of H-pyrrole nitrogens is 1. The Hall–Kier alpha value is -2.08. The van der Waals surface area contributed by atoms with Crippen LogP contribution in [0.25, 0.3) is 11.3 Å². The van der Waals surface area contributed by atoms with Crippen LogP contribution in [0.1, 0.15) is 5.69 Å². The minimum absolute atomic E-state index is 0.436. The van der Waals surface area contributed by atoms with Gasteiger partial charge in [0.25, 0.3) is 0 Å². The van der Waals surface area contributed by atoms with E-state index in [1.165, 1.54) is 6.33 Å². The van der Waals surface area contributed by atoms with Gasteiger partial charge in [0.15, 0.2) is 5.69 Å². The van der Waals surface area contributed by atoms with Gasteiger partial charge in [-0.15, -0.1) is 0 Å². The van der Waals surface area contributed by atoms with E-state index in [1.54, 1.807) is 0 Å². The van der Waals surface area contributed by atoms with E-state index in [9.17, 15) is 0 Å². The van der Waals surface area contributed by atoms with Crippen molar-refractivity contribution < 1.29 is 0 Å². The van der Waals surface area contributed by atoms with Gasteiger partial charge in [-0.3, -0.25) is 0 Å². The van der Waals surface area contributed by atoms with Crippen LogP contribution in [-0.4, -0.2) is 9.97 Å². The summed E-state index contributed by atoms with van der Waals surface area (Å²) in [6.45, 7) is 0. The molecule has 0 aliphatic heterocycles. The molecular formula is C10H7N3. The van der Waals surface area contributed by atoms with E-state index in [0.717, 1.165) is 11.3 Å². The minimum atomic E-state index is 0.436. The topological polar surface area (TPSA) is 52.5 Å². The Bertz CT molecular complexity index is 437. The second-order valence-corrected chi connectivity index (χ2v) is 2.60. The number of nitrogens with one attached hydrogen (secondary N) is 1.